The molecule has 1 aromatic rings. The Morgan fingerprint density at radius 1 is 1.41 bits per heavy atom. The molecule has 1 aromatic heterocycles. The number of rotatable bonds is 4. The average molecular weight is 238 g/mol. The Morgan fingerprint density at radius 2 is 2.06 bits per heavy atom. The van der Waals surface area contributed by atoms with Crippen molar-refractivity contribution >= 4 is 11.9 Å². The van der Waals surface area contributed by atoms with Crippen molar-refractivity contribution in [3.8, 4) is 0 Å². The third kappa shape index (κ3) is 3.44. The van der Waals surface area contributed by atoms with E-state index in [4.69, 9.17) is 5.11 Å². The molecule has 0 spiro atoms. The number of H-pyrrole nitrogens is 1. The summed E-state index contributed by atoms with van der Waals surface area (Å²) in [5.41, 5.74) is 0.223. The van der Waals surface area contributed by atoms with Crippen LogP contribution < -0.4 is 5.56 Å². The minimum atomic E-state index is -0.984. The van der Waals surface area contributed by atoms with Gasteiger partial charge in [0.15, 0.2) is 0 Å². The molecule has 1 amide bonds. The fourth-order valence-corrected chi connectivity index (χ4v) is 1.31. The first-order chi connectivity index (χ1) is 7.91. The van der Waals surface area contributed by atoms with Crippen molar-refractivity contribution in [3.05, 3.63) is 33.7 Å². The third-order valence-electron chi connectivity index (χ3n) is 2.29. The highest BCUT2D eigenvalue weighted by molar-refractivity contribution is 5.93. The van der Waals surface area contributed by atoms with Gasteiger partial charge in [-0.1, -0.05) is 0 Å². The second-order valence-electron chi connectivity index (χ2n) is 3.75. The van der Waals surface area contributed by atoms with Crippen LogP contribution in [0.15, 0.2) is 16.9 Å². The minimum absolute atomic E-state index is 0.0171. The van der Waals surface area contributed by atoms with Crippen LogP contribution in [0.1, 0.15) is 22.5 Å². The SMILES string of the molecule is Cc1ccc(C(=O)N(C)CCC(=O)O)c(=O)[nH]1. The molecule has 6 nitrogen and oxygen atoms in total. The van der Waals surface area contributed by atoms with Gasteiger partial charge in [-0.25, -0.2) is 0 Å². The maximum absolute atomic E-state index is 11.8. The van der Waals surface area contributed by atoms with E-state index in [-0.39, 0.29) is 18.5 Å². The molecule has 0 aliphatic heterocycles. The smallest absolute Gasteiger partial charge is 0.305 e. The molecule has 0 unspecified atom stereocenters. The molecule has 6 heteroatoms. The van der Waals surface area contributed by atoms with Gasteiger partial charge in [0.2, 0.25) is 0 Å². The molecule has 1 rings (SSSR count). The number of carbonyl (C=O) groups excluding carboxylic acids is 1. The standard InChI is InChI=1S/C11H14N2O4/c1-7-3-4-8(10(16)12-7)11(17)13(2)6-5-9(14)15/h3-4H,5-6H2,1-2H3,(H,12,16)(H,14,15). The first kappa shape index (κ1) is 13.0. The number of pyridine rings is 1. The normalized spacial score (nSPS) is 10.0. The Balaban J connectivity index is 2.82. The molecular weight excluding hydrogens is 224 g/mol. The number of carboxylic acid groups (broad SMARTS) is 1. The molecule has 0 bridgehead atoms. The van der Waals surface area contributed by atoms with E-state index < -0.39 is 17.4 Å². The number of nitrogens with one attached hydrogen (secondary N) is 1. The second-order valence-corrected chi connectivity index (χ2v) is 3.75. The topological polar surface area (TPSA) is 90.5 Å². The monoisotopic (exact) mass is 238 g/mol. The molecular formula is C11H14N2O4. The Morgan fingerprint density at radius 3 is 2.59 bits per heavy atom. The number of carbonyl (C=O) groups is 2. The van der Waals surface area contributed by atoms with Gasteiger partial charge in [-0.15, -0.1) is 0 Å². The van der Waals surface area contributed by atoms with Crippen LogP contribution in [0.5, 0.6) is 0 Å². The summed E-state index contributed by atoms with van der Waals surface area (Å²) in [5, 5.41) is 8.50. The van der Waals surface area contributed by atoms with E-state index in [9.17, 15) is 14.4 Å². The first-order valence-corrected chi connectivity index (χ1v) is 5.09. The Hall–Kier alpha value is -2.11. The minimum Gasteiger partial charge on any atom is -0.481 e. The van der Waals surface area contributed by atoms with Crippen molar-refractivity contribution in [3.63, 3.8) is 0 Å². The van der Waals surface area contributed by atoms with E-state index in [1.54, 1.807) is 13.0 Å². The molecule has 0 fully saturated rings. The lowest BCUT2D eigenvalue weighted by Crippen LogP contribution is -2.33. The number of carboxylic acids is 1. The molecule has 2 N–H and O–H groups in total. The number of amides is 1. The van der Waals surface area contributed by atoms with Crippen LogP contribution >= 0.6 is 0 Å². The van der Waals surface area contributed by atoms with Crippen molar-refractivity contribution < 1.29 is 14.7 Å². The highest BCUT2D eigenvalue weighted by Gasteiger charge is 2.15. The fourth-order valence-electron chi connectivity index (χ4n) is 1.31. The zero-order chi connectivity index (χ0) is 13.0. The molecule has 0 atom stereocenters. The van der Waals surface area contributed by atoms with Gasteiger partial charge < -0.3 is 15.0 Å². The van der Waals surface area contributed by atoms with Crippen molar-refractivity contribution in [2.45, 2.75) is 13.3 Å². The molecule has 0 aromatic carbocycles. The number of hydrogen-bond donors (Lipinski definition) is 2. The number of aryl methyl sites for hydroxylation is 1. The maximum atomic E-state index is 11.8. The molecule has 0 aliphatic rings. The van der Waals surface area contributed by atoms with Crippen molar-refractivity contribution in [2.75, 3.05) is 13.6 Å². The lowest BCUT2D eigenvalue weighted by atomic mass is 10.2. The lowest BCUT2D eigenvalue weighted by molar-refractivity contribution is -0.137. The quantitative estimate of drug-likeness (QED) is 0.785. The first-order valence-electron chi connectivity index (χ1n) is 5.09. The Labute approximate surface area is 97.9 Å². The van der Waals surface area contributed by atoms with Gasteiger partial charge >= 0.3 is 5.97 Å². The van der Waals surface area contributed by atoms with Gasteiger partial charge in [0.25, 0.3) is 11.5 Å². The predicted octanol–water partition coefficient (Wildman–Crippen LogP) is 0.230. The van der Waals surface area contributed by atoms with Gasteiger partial charge in [-0.05, 0) is 19.1 Å². The Kier molecular flexibility index (Phi) is 4.03. The van der Waals surface area contributed by atoms with Crippen LogP contribution in [0.25, 0.3) is 0 Å². The molecule has 1 heterocycles. The summed E-state index contributed by atoms with van der Waals surface area (Å²) in [5.74, 6) is -1.46. The van der Waals surface area contributed by atoms with E-state index in [1.165, 1.54) is 18.0 Å². The molecule has 92 valence electrons. The zero-order valence-electron chi connectivity index (χ0n) is 9.69. The van der Waals surface area contributed by atoms with E-state index in [1.807, 2.05) is 0 Å². The highest BCUT2D eigenvalue weighted by atomic mass is 16.4. The van der Waals surface area contributed by atoms with E-state index in [2.05, 4.69) is 4.98 Å². The second kappa shape index (κ2) is 5.29. The van der Waals surface area contributed by atoms with Crippen molar-refractivity contribution in [1.82, 2.24) is 9.88 Å². The maximum Gasteiger partial charge on any atom is 0.305 e. The van der Waals surface area contributed by atoms with Crippen LogP contribution in [-0.2, 0) is 4.79 Å². The van der Waals surface area contributed by atoms with Crippen LogP contribution in [0, 0.1) is 6.92 Å². The van der Waals surface area contributed by atoms with Crippen LogP contribution in [0.2, 0.25) is 0 Å². The van der Waals surface area contributed by atoms with Gasteiger partial charge in [-0.2, -0.15) is 0 Å². The zero-order valence-corrected chi connectivity index (χ0v) is 9.69. The van der Waals surface area contributed by atoms with Crippen molar-refractivity contribution in [2.24, 2.45) is 0 Å². The van der Waals surface area contributed by atoms with Gasteiger partial charge in [0, 0.05) is 19.3 Å². The summed E-state index contributed by atoms with van der Waals surface area (Å²) < 4.78 is 0. The van der Waals surface area contributed by atoms with Crippen molar-refractivity contribution in [1.29, 1.82) is 0 Å². The highest BCUT2D eigenvalue weighted by Crippen LogP contribution is 1.99. The van der Waals surface area contributed by atoms with Gasteiger partial charge in [0.1, 0.15) is 5.56 Å². The van der Waals surface area contributed by atoms with E-state index >= 15 is 0 Å². The molecule has 17 heavy (non-hydrogen) atoms. The number of aliphatic carboxylic acids is 1. The van der Waals surface area contributed by atoms with Gasteiger partial charge in [0.05, 0.1) is 6.42 Å². The average Bonchev–Trinajstić information content (AvgIpc) is 2.25. The predicted molar refractivity (Wildman–Crippen MR) is 61.0 cm³/mol. The van der Waals surface area contributed by atoms with Gasteiger partial charge in [-0.3, -0.25) is 14.4 Å². The van der Waals surface area contributed by atoms with E-state index in [0.717, 1.165) is 0 Å². The van der Waals surface area contributed by atoms with Crippen LogP contribution in [0.4, 0.5) is 0 Å². The van der Waals surface area contributed by atoms with E-state index in [0.29, 0.717) is 5.69 Å². The van der Waals surface area contributed by atoms with Crippen LogP contribution in [-0.4, -0.2) is 40.5 Å². The summed E-state index contributed by atoms with van der Waals surface area (Å²) in [6.07, 6.45) is -0.147. The molecule has 0 saturated heterocycles. The Bertz CT molecular complexity index is 492. The number of aromatic nitrogens is 1. The summed E-state index contributed by atoms with van der Waals surface area (Å²) in [4.78, 5) is 37.4. The molecule has 0 radical (unpaired) electrons. The number of aromatic amines is 1. The third-order valence-corrected chi connectivity index (χ3v) is 2.29. The summed E-state index contributed by atoms with van der Waals surface area (Å²) in [6, 6.07) is 3.06. The lowest BCUT2D eigenvalue weighted by Gasteiger charge is -2.15. The molecule has 0 saturated carbocycles. The van der Waals surface area contributed by atoms with Crippen LogP contribution in [0.3, 0.4) is 0 Å². The fraction of sp³-hybridized carbons (Fsp3) is 0.364. The molecule has 0 aliphatic carbocycles. The summed E-state index contributed by atoms with van der Waals surface area (Å²) in [7, 11) is 1.46. The number of nitrogens with zero attached hydrogens (tertiary/aromatic N) is 1. The summed E-state index contributed by atoms with van der Waals surface area (Å²) in [6.45, 7) is 1.78. The largest absolute Gasteiger partial charge is 0.481 e. The number of hydrogen-bond acceptors (Lipinski definition) is 3. The summed E-state index contributed by atoms with van der Waals surface area (Å²) >= 11 is 0.